The van der Waals surface area contributed by atoms with Crippen LogP contribution in [0.3, 0.4) is 0 Å². The van der Waals surface area contributed by atoms with E-state index in [2.05, 4.69) is 36.1 Å². The molecule has 3 nitrogen and oxygen atoms in total. The lowest BCUT2D eigenvalue weighted by Crippen LogP contribution is -2.21. The summed E-state index contributed by atoms with van der Waals surface area (Å²) >= 11 is 0. The van der Waals surface area contributed by atoms with E-state index in [0.717, 1.165) is 30.3 Å². The molecule has 1 aromatic carbocycles. The van der Waals surface area contributed by atoms with Crippen LogP contribution >= 0.6 is 0 Å². The molecule has 0 bridgehead atoms. The predicted molar refractivity (Wildman–Crippen MR) is 84.9 cm³/mol. The summed E-state index contributed by atoms with van der Waals surface area (Å²) in [6.45, 7) is 5.11. The van der Waals surface area contributed by atoms with Gasteiger partial charge in [-0.2, -0.15) is 0 Å². The lowest BCUT2D eigenvalue weighted by atomic mass is 10.0. The Morgan fingerprint density at radius 1 is 1.35 bits per heavy atom. The number of nitrogens with zero attached hydrogens (tertiary/aromatic N) is 2. The van der Waals surface area contributed by atoms with Gasteiger partial charge in [0.05, 0.1) is 5.52 Å². The monoisotopic (exact) mass is 269 g/mol. The Bertz CT molecular complexity index is 594. The minimum absolute atomic E-state index is 0.572. The van der Waals surface area contributed by atoms with Crippen LogP contribution in [-0.2, 0) is 6.54 Å². The van der Waals surface area contributed by atoms with Crippen LogP contribution in [0.5, 0.6) is 0 Å². The van der Waals surface area contributed by atoms with E-state index in [1.54, 1.807) is 0 Å². The van der Waals surface area contributed by atoms with Crippen LogP contribution in [0.4, 0.5) is 5.82 Å². The van der Waals surface area contributed by atoms with Gasteiger partial charge in [0.25, 0.3) is 0 Å². The second-order valence-electron chi connectivity index (χ2n) is 5.75. The third kappa shape index (κ3) is 2.50. The van der Waals surface area contributed by atoms with E-state index in [0.29, 0.717) is 6.54 Å². The third-order valence-electron chi connectivity index (χ3n) is 4.32. The molecular weight excluding hydrogens is 246 g/mol. The molecule has 2 N–H and O–H groups in total. The van der Waals surface area contributed by atoms with Gasteiger partial charge in [0.15, 0.2) is 0 Å². The van der Waals surface area contributed by atoms with Gasteiger partial charge in [-0.25, -0.2) is 4.98 Å². The highest BCUT2D eigenvalue weighted by Crippen LogP contribution is 2.28. The quantitative estimate of drug-likeness (QED) is 0.926. The fourth-order valence-electron chi connectivity index (χ4n) is 3.25. The predicted octanol–water partition coefficient (Wildman–Crippen LogP) is 3.32. The minimum Gasteiger partial charge on any atom is -0.356 e. The molecule has 1 atom stereocenters. The van der Waals surface area contributed by atoms with E-state index in [9.17, 15) is 0 Å². The average molecular weight is 269 g/mol. The molecule has 1 aromatic heterocycles. The first-order chi connectivity index (χ1) is 9.81. The maximum atomic E-state index is 5.91. The van der Waals surface area contributed by atoms with Gasteiger partial charge in [0.1, 0.15) is 5.82 Å². The summed E-state index contributed by atoms with van der Waals surface area (Å²) in [6.07, 6.45) is 3.89. The Labute approximate surface area is 120 Å². The number of fused-ring (bicyclic) bond motifs is 1. The molecule has 3 heteroatoms. The molecule has 2 aromatic rings. The number of pyridine rings is 1. The highest BCUT2D eigenvalue weighted by Gasteiger charge is 2.23. The topological polar surface area (TPSA) is 42.1 Å². The number of para-hydroxylation sites is 1. The molecule has 0 aliphatic carbocycles. The fraction of sp³-hybridized carbons (Fsp3) is 0.471. The largest absolute Gasteiger partial charge is 0.356 e. The summed E-state index contributed by atoms with van der Waals surface area (Å²) in [6, 6.07) is 10.5. The van der Waals surface area contributed by atoms with Crippen molar-refractivity contribution in [2.24, 2.45) is 11.7 Å². The normalized spacial score (nSPS) is 18.9. The van der Waals surface area contributed by atoms with Gasteiger partial charge in [-0.05, 0) is 36.5 Å². The molecule has 0 radical (unpaired) electrons. The van der Waals surface area contributed by atoms with Gasteiger partial charge < -0.3 is 10.6 Å². The Morgan fingerprint density at radius 2 is 2.20 bits per heavy atom. The summed E-state index contributed by atoms with van der Waals surface area (Å²) in [4.78, 5) is 7.25. The summed E-state index contributed by atoms with van der Waals surface area (Å²) < 4.78 is 0. The Hall–Kier alpha value is -1.61. The van der Waals surface area contributed by atoms with E-state index in [1.807, 2.05) is 6.07 Å². The highest BCUT2D eigenvalue weighted by atomic mass is 15.2. The Morgan fingerprint density at radius 3 is 3.00 bits per heavy atom. The number of hydrogen-bond acceptors (Lipinski definition) is 3. The number of aromatic nitrogens is 1. The molecule has 1 fully saturated rings. The molecule has 0 saturated carbocycles. The number of nitrogens with two attached hydrogens (primary N) is 1. The van der Waals surface area contributed by atoms with Crippen molar-refractivity contribution < 1.29 is 0 Å². The molecule has 2 heterocycles. The summed E-state index contributed by atoms with van der Waals surface area (Å²) in [5.41, 5.74) is 8.17. The second kappa shape index (κ2) is 5.80. The van der Waals surface area contributed by atoms with Gasteiger partial charge in [0.2, 0.25) is 0 Å². The van der Waals surface area contributed by atoms with Crippen LogP contribution in [0.15, 0.2) is 30.3 Å². The number of anilines is 1. The first-order valence-corrected chi connectivity index (χ1v) is 7.65. The third-order valence-corrected chi connectivity index (χ3v) is 4.32. The molecule has 1 saturated heterocycles. The molecule has 1 unspecified atom stereocenters. The van der Waals surface area contributed by atoms with Crippen molar-refractivity contribution in [2.75, 3.05) is 18.0 Å². The second-order valence-corrected chi connectivity index (χ2v) is 5.75. The number of rotatable bonds is 4. The van der Waals surface area contributed by atoms with Crippen LogP contribution in [0.25, 0.3) is 10.9 Å². The Balaban J connectivity index is 1.92. The molecular formula is C17H23N3. The lowest BCUT2D eigenvalue weighted by Gasteiger charge is -2.19. The van der Waals surface area contributed by atoms with Crippen molar-refractivity contribution >= 4 is 16.7 Å². The fourth-order valence-corrected chi connectivity index (χ4v) is 3.25. The van der Waals surface area contributed by atoms with Gasteiger partial charge in [-0.15, -0.1) is 0 Å². The summed E-state index contributed by atoms with van der Waals surface area (Å²) in [5, 5.41) is 1.18. The van der Waals surface area contributed by atoms with Gasteiger partial charge >= 0.3 is 0 Å². The highest BCUT2D eigenvalue weighted by molar-refractivity contribution is 5.84. The number of benzene rings is 1. The van der Waals surface area contributed by atoms with E-state index in [-0.39, 0.29) is 0 Å². The Kier molecular flexibility index (Phi) is 3.88. The first kappa shape index (κ1) is 13.4. The SMILES string of the molecule is CCCC1CCN(c2cc(CN)c3ccccc3n2)C1. The van der Waals surface area contributed by atoms with Crippen LogP contribution in [0.2, 0.25) is 0 Å². The zero-order valence-electron chi connectivity index (χ0n) is 12.2. The van der Waals surface area contributed by atoms with Gasteiger partial charge in [-0.1, -0.05) is 31.5 Å². The maximum absolute atomic E-state index is 5.91. The van der Waals surface area contributed by atoms with E-state index in [1.165, 1.54) is 30.2 Å². The van der Waals surface area contributed by atoms with Crippen LogP contribution in [0.1, 0.15) is 31.7 Å². The van der Waals surface area contributed by atoms with Crippen molar-refractivity contribution in [3.05, 3.63) is 35.9 Å². The van der Waals surface area contributed by atoms with Crippen molar-refractivity contribution in [2.45, 2.75) is 32.7 Å². The summed E-state index contributed by atoms with van der Waals surface area (Å²) in [7, 11) is 0. The van der Waals surface area contributed by atoms with Crippen molar-refractivity contribution in [1.29, 1.82) is 0 Å². The average Bonchev–Trinajstić information content (AvgIpc) is 2.95. The lowest BCUT2D eigenvalue weighted by molar-refractivity contribution is 0.529. The van der Waals surface area contributed by atoms with E-state index >= 15 is 0 Å². The number of hydrogen-bond donors (Lipinski definition) is 1. The maximum Gasteiger partial charge on any atom is 0.129 e. The van der Waals surface area contributed by atoms with Crippen LogP contribution in [-0.4, -0.2) is 18.1 Å². The van der Waals surface area contributed by atoms with E-state index < -0.39 is 0 Å². The molecule has 1 aliphatic heterocycles. The molecule has 0 amide bonds. The van der Waals surface area contributed by atoms with Crippen molar-refractivity contribution in [3.63, 3.8) is 0 Å². The van der Waals surface area contributed by atoms with Crippen LogP contribution < -0.4 is 10.6 Å². The zero-order chi connectivity index (χ0) is 13.9. The zero-order valence-corrected chi connectivity index (χ0v) is 12.2. The molecule has 1 aliphatic rings. The molecule has 106 valence electrons. The van der Waals surface area contributed by atoms with Gasteiger partial charge in [-0.3, -0.25) is 0 Å². The van der Waals surface area contributed by atoms with Gasteiger partial charge in [0, 0.05) is 25.0 Å². The summed E-state index contributed by atoms with van der Waals surface area (Å²) in [5.74, 6) is 1.93. The standard InChI is InChI=1S/C17H23N3/c1-2-5-13-8-9-20(12-13)17-10-14(11-18)15-6-3-4-7-16(15)19-17/h3-4,6-7,10,13H,2,5,8-9,11-12,18H2,1H3. The first-order valence-electron chi connectivity index (χ1n) is 7.65. The molecule has 20 heavy (non-hydrogen) atoms. The van der Waals surface area contributed by atoms with Crippen molar-refractivity contribution in [3.8, 4) is 0 Å². The van der Waals surface area contributed by atoms with E-state index in [4.69, 9.17) is 10.7 Å². The molecule has 0 spiro atoms. The van der Waals surface area contributed by atoms with Crippen LogP contribution in [0, 0.1) is 5.92 Å². The minimum atomic E-state index is 0.572. The molecule has 3 rings (SSSR count). The smallest absolute Gasteiger partial charge is 0.129 e. The van der Waals surface area contributed by atoms with Crippen molar-refractivity contribution in [1.82, 2.24) is 4.98 Å².